The minimum absolute atomic E-state index is 0.0892. The molecule has 0 aromatic carbocycles. The van der Waals surface area contributed by atoms with Crippen LogP contribution in [-0.2, 0) is 0 Å². The van der Waals surface area contributed by atoms with E-state index in [0.29, 0.717) is 11.3 Å². The topological polar surface area (TPSA) is 58.6 Å². The number of H-pyrrole nitrogens is 1. The number of aromatic nitrogens is 3. The molecule has 53 valence electrons. The first-order chi connectivity index (χ1) is 5.38. The van der Waals surface area contributed by atoms with Crippen LogP contribution in [0.25, 0.3) is 11.3 Å². The van der Waals surface area contributed by atoms with Gasteiger partial charge in [-0.05, 0) is 12.1 Å². The zero-order valence-electron chi connectivity index (χ0n) is 5.53. The summed E-state index contributed by atoms with van der Waals surface area (Å²) < 4.78 is 0. The molecule has 0 spiro atoms. The van der Waals surface area contributed by atoms with Gasteiger partial charge in [-0.15, -0.1) is 5.10 Å². The summed E-state index contributed by atoms with van der Waals surface area (Å²) in [5.41, 5.74) is 1.02. The van der Waals surface area contributed by atoms with Crippen molar-refractivity contribution in [1.82, 2.24) is 15.4 Å². The minimum atomic E-state index is -0.0892. The Morgan fingerprint density at radius 2 is 2.36 bits per heavy atom. The van der Waals surface area contributed by atoms with Gasteiger partial charge in [0.2, 0.25) is 0 Å². The van der Waals surface area contributed by atoms with E-state index < -0.39 is 0 Å². The van der Waals surface area contributed by atoms with Gasteiger partial charge in [0.25, 0.3) is 0 Å². The molecule has 1 aliphatic heterocycles. The van der Waals surface area contributed by atoms with Gasteiger partial charge in [-0.25, -0.2) is 0 Å². The Morgan fingerprint density at radius 1 is 1.45 bits per heavy atom. The Kier molecular flexibility index (Phi) is 1.18. The summed E-state index contributed by atoms with van der Waals surface area (Å²) in [7, 11) is 0. The van der Waals surface area contributed by atoms with E-state index >= 15 is 0 Å². The first kappa shape index (κ1) is 6.03. The average Bonchev–Trinajstić information content (AvgIpc) is 2.06. The van der Waals surface area contributed by atoms with Crippen molar-refractivity contribution in [2.24, 2.45) is 0 Å². The Hall–Kier alpha value is -1.71. The number of rotatable bonds is 0. The Labute approximate surface area is 62.2 Å². The lowest BCUT2D eigenvalue weighted by atomic mass is 10.1. The molecule has 4 heteroatoms. The Bertz CT molecular complexity index is 395. The number of hydrogen-bond acceptors (Lipinski definition) is 3. The van der Waals surface area contributed by atoms with Gasteiger partial charge in [0, 0.05) is 0 Å². The van der Waals surface area contributed by atoms with Crippen LogP contribution in [0.3, 0.4) is 0 Å². The summed E-state index contributed by atoms with van der Waals surface area (Å²) in [5.74, 6) is 0. The highest BCUT2D eigenvalue weighted by Gasteiger charge is 2.03. The largest absolute Gasteiger partial charge is 0.289 e. The third-order valence-corrected chi connectivity index (χ3v) is 1.41. The van der Waals surface area contributed by atoms with Gasteiger partial charge < -0.3 is 0 Å². The normalized spacial score (nSPS) is 10.2. The van der Waals surface area contributed by atoms with Crippen LogP contribution in [0.15, 0.2) is 23.0 Å². The van der Waals surface area contributed by atoms with Gasteiger partial charge >= 0.3 is 0 Å². The van der Waals surface area contributed by atoms with Crippen LogP contribution in [0.1, 0.15) is 0 Å². The molecule has 2 rings (SSSR count). The Morgan fingerprint density at radius 3 is 3.18 bits per heavy atom. The van der Waals surface area contributed by atoms with Crippen molar-refractivity contribution in [2.75, 3.05) is 0 Å². The number of nitrogens with one attached hydrogen (secondary N) is 1. The maximum atomic E-state index is 11.1. The van der Waals surface area contributed by atoms with Crippen molar-refractivity contribution in [3.63, 3.8) is 0 Å². The zero-order valence-corrected chi connectivity index (χ0v) is 5.53. The lowest BCUT2D eigenvalue weighted by molar-refractivity contribution is 0.862. The molecule has 1 radical (unpaired) electrons. The summed E-state index contributed by atoms with van der Waals surface area (Å²) in [6.45, 7) is 0. The molecule has 2 aliphatic rings. The molecule has 1 aliphatic carbocycles. The molecule has 0 saturated heterocycles. The van der Waals surface area contributed by atoms with Crippen molar-refractivity contribution < 1.29 is 0 Å². The second kappa shape index (κ2) is 2.16. The lowest BCUT2D eigenvalue weighted by Gasteiger charge is -1.97. The summed E-state index contributed by atoms with van der Waals surface area (Å²) in [4.78, 5) is 11.1. The molecule has 11 heavy (non-hydrogen) atoms. The van der Waals surface area contributed by atoms with Gasteiger partial charge in [0.1, 0.15) is 6.20 Å². The fourth-order valence-corrected chi connectivity index (χ4v) is 0.893. The van der Waals surface area contributed by atoms with Crippen LogP contribution in [0.4, 0.5) is 0 Å². The van der Waals surface area contributed by atoms with Gasteiger partial charge in [-0.1, -0.05) is 11.3 Å². The standard InChI is InChI=1S/C7H4N3O/c11-7-3-1-2-6-5(7)4-8-10-9-6/h1-3H,(H,8,9). The molecular formula is C7H4N3O. The fourth-order valence-electron chi connectivity index (χ4n) is 0.893. The van der Waals surface area contributed by atoms with Crippen molar-refractivity contribution in [2.45, 2.75) is 0 Å². The van der Waals surface area contributed by atoms with Gasteiger partial charge in [-0.3, -0.25) is 9.89 Å². The second-order valence-corrected chi connectivity index (χ2v) is 2.10. The van der Waals surface area contributed by atoms with Crippen LogP contribution >= 0.6 is 0 Å². The summed E-state index contributed by atoms with van der Waals surface area (Å²) in [6.07, 6.45) is 2.51. The van der Waals surface area contributed by atoms with E-state index in [1.807, 2.05) is 0 Å². The summed E-state index contributed by atoms with van der Waals surface area (Å²) in [5, 5.41) is 9.53. The molecule has 1 heterocycles. The first-order valence-corrected chi connectivity index (χ1v) is 3.10. The molecule has 1 N–H and O–H groups in total. The lowest BCUT2D eigenvalue weighted by Crippen LogP contribution is -2.06. The third kappa shape index (κ3) is 0.881. The maximum absolute atomic E-state index is 11.1. The molecular weight excluding hydrogens is 142 g/mol. The van der Waals surface area contributed by atoms with Crippen LogP contribution in [0.2, 0.25) is 0 Å². The molecule has 0 unspecified atom stereocenters. The third-order valence-electron chi connectivity index (χ3n) is 1.41. The molecule has 0 fully saturated rings. The molecule has 0 saturated carbocycles. The van der Waals surface area contributed by atoms with Crippen LogP contribution in [-0.4, -0.2) is 15.4 Å². The van der Waals surface area contributed by atoms with Gasteiger partial charge in [-0.2, -0.15) is 0 Å². The number of hydrogen-bond donors (Lipinski definition) is 1. The van der Waals surface area contributed by atoms with Crippen molar-refractivity contribution in [1.29, 1.82) is 0 Å². The van der Waals surface area contributed by atoms with E-state index in [4.69, 9.17) is 0 Å². The highest BCUT2D eigenvalue weighted by Crippen LogP contribution is 2.08. The SMILES string of the molecule is O=c1cccc2[nH]nn[c]c1-2. The predicted molar refractivity (Wildman–Crippen MR) is 38.1 cm³/mol. The molecule has 4 nitrogen and oxygen atoms in total. The smallest absolute Gasteiger partial charge is 0.190 e. The van der Waals surface area contributed by atoms with E-state index in [1.54, 1.807) is 12.1 Å². The Balaban J connectivity index is 2.90. The first-order valence-electron chi connectivity index (χ1n) is 3.10. The maximum Gasteiger partial charge on any atom is 0.190 e. The van der Waals surface area contributed by atoms with E-state index in [2.05, 4.69) is 21.6 Å². The second-order valence-electron chi connectivity index (χ2n) is 2.10. The van der Waals surface area contributed by atoms with Gasteiger partial charge in [0.15, 0.2) is 5.43 Å². The summed E-state index contributed by atoms with van der Waals surface area (Å²) >= 11 is 0. The molecule has 0 atom stereocenters. The summed E-state index contributed by atoms with van der Waals surface area (Å²) in [6, 6.07) is 4.88. The highest BCUT2D eigenvalue weighted by atomic mass is 16.1. The van der Waals surface area contributed by atoms with E-state index in [-0.39, 0.29) is 5.43 Å². The average molecular weight is 146 g/mol. The number of benzene rings is 1. The number of nitrogens with zero attached hydrogens (tertiary/aromatic N) is 2. The highest BCUT2D eigenvalue weighted by molar-refractivity contribution is 5.56. The van der Waals surface area contributed by atoms with Crippen LogP contribution < -0.4 is 5.43 Å². The molecule has 0 aromatic rings. The monoisotopic (exact) mass is 146 g/mol. The van der Waals surface area contributed by atoms with Crippen LogP contribution in [0.5, 0.6) is 0 Å². The van der Waals surface area contributed by atoms with Crippen LogP contribution in [0, 0.1) is 6.20 Å². The van der Waals surface area contributed by atoms with E-state index in [9.17, 15) is 4.79 Å². The quantitative estimate of drug-likeness (QED) is 0.572. The number of fused-ring (bicyclic) bond motifs is 1. The minimum Gasteiger partial charge on any atom is -0.289 e. The molecule has 0 aromatic heterocycles. The van der Waals surface area contributed by atoms with Crippen molar-refractivity contribution >= 4 is 0 Å². The van der Waals surface area contributed by atoms with Gasteiger partial charge in [0.05, 0.1) is 11.3 Å². The predicted octanol–water partition coefficient (Wildman–Crippen LogP) is 0.0699. The zero-order chi connectivity index (χ0) is 7.68. The molecule has 0 bridgehead atoms. The van der Waals surface area contributed by atoms with Crippen molar-refractivity contribution in [3.05, 3.63) is 34.6 Å². The molecule has 0 amide bonds. The number of aromatic amines is 1. The van der Waals surface area contributed by atoms with Crippen molar-refractivity contribution in [3.8, 4) is 11.3 Å². The van der Waals surface area contributed by atoms with E-state index in [0.717, 1.165) is 0 Å². The fraction of sp³-hybridized carbons (Fsp3) is 0. The van der Waals surface area contributed by atoms with E-state index in [1.165, 1.54) is 6.07 Å².